The summed E-state index contributed by atoms with van der Waals surface area (Å²) in [6.45, 7) is 0.765. The van der Waals surface area contributed by atoms with E-state index in [1.807, 2.05) is 35.2 Å². The van der Waals surface area contributed by atoms with Crippen LogP contribution in [0.1, 0.15) is 12.8 Å². The van der Waals surface area contributed by atoms with E-state index < -0.39 is 0 Å². The normalized spacial score (nSPS) is 18.9. The van der Waals surface area contributed by atoms with Crippen molar-refractivity contribution in [3.05, 3.63) is 48.9 Å². The predicted molar refractivity (Wildman–Crippen MR) is 77.5 cm³/mol. The van der Waals surface area contributed by atoms with Gasteiger partial charge >= 0.3 is 0 Å². The van der Waals surface area contributed by atoms with E-state index in [4.69, 9.17) is 0 Å². The molecule has 5 nitrogen and oxygen atoms in total. The van der Waals surface area contributed by atoms with Crippen LogP contribution in [0, 0.1) is 0 Å². The van der Waals surface area contributed by atoms with Crippen molar-refractivity contribution in [1.29, 1.82) is 0 Å². The molecule has 3 rings (SSSR count). The van der Waals surface area contributed by atoms with E-state index in [0.29, 0.717) is 5.82 Å². The number of nitrogens with one attached hydrogen (secondary N) is 1. The Morgan fingerprint density at radius 2 is 2.05 bits per heavy atom. The van der Waals surface area contributed by atoms with Crippen LogP contribution in [0.3, 0.4) is 0 Å². The maximum absolute atomic E-state index is 12.5. The molecule has 0 saturated carbocycles. The number of carbonyl (C=O) groups excluding carboxylic acids is 1. The van der Waals surface area contributed by atoms with Crippen molar-refractivity contribution in [2.75, 3.05) is 16.8 Å². The standard InChI is InChI=1S/C15H16N4O/c20-15-13(18-14-11-16-8-9-17-14)7-4-10-19(15)12-5-2-1-3-6-12/h1-3,5-6,8-9,11,13H,4,7,10H2,(H,17,18). The second-order valence-corrected chi connectivity index (χ2v) is 4.76. The third kappa shape index (κ3) is 2.61. The summed E-state index contributed by atoms with van der Waals surface area (Å²) in [6, 6.07) is 9.53. The lowest BCUT2D eigenvalue weighted by Gasteiger charge is -2.32. The van der Waals surface area contributed by atoms with Gasteiger partial charge in [-0.3, -0.25) is 9.78 Å². The first-order valence-electron chi connectivity index (χ1n) is 6.73. The summed E-state index contributed by atoms with van der Waals surface area (Å²) in [7, 11) is 0. The van der Waals surface area contributed by atoms with Crippen LogP contribution in [-0.4, -0.2) is 28.5 Å². The molecule has 2 heterocycles. The molecule has 1 fully saturated rings. The van der Waals surface area contributed by atoms with Gasteiger partial charge < -0.3 is 10.2 Å². The summed E-state index contributed by atoms with van der Waals surface area (Å²) >= 11 is 0. The van der Waals surface area contributed by atoms with Gasteiger partial charge in [-0.1, -0.05) is 18.2 Å². The lowest BCUT2D eigenvalue weighted by atomic mass is 10.0. The monoisotopic (exact) mass is 268 g/mol. The van der Waals surface area contributed by atoms with Crippen molar-refractivity contribution in [1.82, 2.24) is 9.97 Å². The SMILES string of the molecule is O=C1C(Nc2cnccn2)CCCN1c1ccccc1. The summed E-state index contributed by atoms with van der Waals surface area (Å²) < 4.78 is 0. The molecule has 0 radical (unpaired) electrons. The lowest BCUT2D eigenvalue weighted by molar-refractivity contribution is -0.120. The van der Waals surface area contributed by atoms with E-state index >= 15 is 0 Å². The predicted octanol–water partition coefficient (Wildman–Crippen LogP) is 2.08. The fraction of sp³-hybridized carbons (Fsp3) is 0.267. The van der Waals surface area contributed by atoms with Crippen LogP contribution in [0.5, 0.6) is 0 Å². The third-order valence-electron chi connectivity index (χ3n) is 3.39. The van der Waals surface area contributed by atoms with Crippen molar-refractivity contribution < 1.29 is 4.79 Å². The van der Waals surface area contributed by atoms with Gasteiger partial charge in [-0.05, 0) is 25.0 Å². The van der Waals surface area contributed by atoms with Gasteiger partial charge in [-0.15, -0.1) is 0 Å². The molecule has 1 N–H and O–H groups in total. The number of hydrogen-bond acceptors (Lipinski definition) is 4. The molecule has 2 aromatic rings. The van der Waals surface area contributed by atoms with E-state index in [-0.39, 0.29) is 11.9 Å². The Morgan fingerprint density at radius 3 is 2.80 bits per heavy atom. The molecule has 1 aromatic carbocycles. The molecule has 1 aliphatic rings. The number of hydrogen-bond donors (Lipinski definition) is 1. The largest absolute Gasteiger partial charge is 0.357 e. The second kappa shape index (κ2) is 5.69. The molecule has 1 unspecified atom stereocenters. The van der Waals surface area contributed by atoms with Gasteiger partial charge in [-0.25, -0.2) is 4.98 Å². The lowest BCUT2D eigenvalue weighted by Crippen LogP contribution is -2.47. The molecule has 1 atom stereocenters. The van der Waals surface area contributed by atoms with Crippen molar-refractivity contribution in [2.24, 2.45) is 0 Å². The number of anilines is 2. The quantitative estimate of drug-likeness (QED) is 0.926. The fourth-order valence-corrected chi connectivity index (χ4v) is 2.43. The molecule has 5 heteroatoms. The van der Waals surface area contributed by atoms with E-state index in [1.165, 1.54) is 0 Å². The summed E-state index contributed by atoms with van der Waals surface area (Å²) in [5.74, 6) is 0.730. The zero-order valence-corrected chi connectivity index (χ0v) is 11.1. The van der Waals surface area contributed by atoms with Gasteiger partial charge in [0.2, 0.25) is 5.91 Å². The Morgan fingerprint density at radius 1 is 1.20 bits per heavy atom. The van der Waals surface area contributed by atoms with Gasteiger partial charge in [0, 0.05) is 24.6 Å². The summed E-state index contributed by atoms with van der Waals surface area (Å²) in [5.41, 5.74) is 0.947. The topological polar surface area (TPSA) is 58.1 Å². The number of para-hydroxylation sites is 1. The number of aromatic nitrogens is 2. The first kappa shape index (κ1) is 12.6. The summed E-state index contributed by atoms with van der Waals surface area (Å²) in [4.78, 5) is 22.5. The van der Waals surface area contributed by atoms with E-state index in [2.05, 4.69) is 15.3 Å². The molecule has 1 aromatic heterocycles. The minimum atomic E-state index is -0.236. The average molecular weight is 268 g/mol. The molecule has 0 spiro atoms. The second-order valence-electron chi connectivity index (χ2n) is 4.76. The molecule has 1 amide bonds. The highest BCUT2D eigenvalue weighted by atomic mass is 16.2. The smallest absolute Gasteiger partial charge is 0.249 e. The first-order valence-corrected chi connectivity index (χ1v) is 6.73. The van der Waals surface area contributed by atoms with Gasteiger partial charge in [0.05, 0.1) is 6.20 Å². The van der Waals surface area contributed by atoms with Crippen molar-refractivity contribution in [3.63, 3.8) is 0 Å². The van der Waals surface area contributed by atoms with Crippen LogP contribution in [0.15, 0.2) is 48.9 Å². The van der Waals surface area contributed by atoms with Gasteiger partial charge in [0.15, 0.2) is 0 Å². The van der Waals surface area contributed by atoms with Crippen LogP contribution in [0.2, 0.25) is 0 Å². The van der Waals surface area contributed by atoms with E-state index in [0.717, 1.165) is 25.1 Å². The molecule has 20 heavy (non-hydrogen) atoms. The molecule has 102 valence electrons. The van der Waals surface area contributed by atoms with E-state index in [9.17, 15) is 4.79 Å². The Hall–Kier alpha value is -2.43. The molecule has 0 aliphatic carbocycles. The van der Waals surface area contributed by atoms with Crippen LogP contribution < -0.4 is 10.2 Å². The molecule has 1 saturated heterocycles. The summed E-state index contributed by atoms with van der Waals surface area (Å²) in [5, 5.41) is 3.17. The zero-order valence-electron chi connectivity index (χ0n) is 11.1. The highest BCUT2D eigenvalue weighted by Crippen LogP contribution is 2.22. The third-order valence-corrected chi connectivity index (χ3v) is 3.39. The van der Waals surface area contributed by atoms with Crippen LogP contribution in [0.4, 0.5) is 11.5 Å². The Labute approximate surface area is 117 Å². The maximum Gasteiger partial charge on any atom is 0.249 e. The van der Waals surface area contributed by atoms with E-state index in [1.54, 1.807) is 18.6 Å². The van der Waals surface area contributed by atoms with Crippen LogP contribution in [0.25, 0.3) is 0 Å². The number of amides is 1. The number of rotatable bonds is 3. The maximum atomic E-state index is 12.5. The van der Waals surface area contributed by atoms with Crippen LogP contribution in [-0.2, 0) is 4.79 Å². The zero-order chi connectivity index (χ0) is 13.8. The van der Waals surface area contributed by atoms with Gasteiger partial charge in [-0.2, -0.15) is 0 Å². The fourth-order valence-electron chi connectivity index (χ4n) is 2.43. The van der Waals surface area contributed by atoms with Crippen molar-refractivity contribution in [2.45, 2.75) is 18.9 Å². The Bertz CT molecular complexity index is 573. The Kier molecular flexibility index (Phi) is 3.58. The molecular weight excluding hydrogens is 252 g/mol. The van der Waals surface area contributed by atoms with Crippen molar-refractivity contribution in [3.8, 4) is 0 Å². The number of benzene rings is 1. The molecular formula is C15H16N4O. The van der Waals surface area contributed by atoms with Crippen molar-refractivity contribution >= 4 is 17.4 Å². The highest BCUT2D eigenvalue weighted by Gasteiger charge is 2.29. The number of piperidine rings is 1. The summed E-state index contributed by atoms with van der Waals surface area (Å²) in [6.07, 6.45) is 6.65. The molecule has 0 bridgehead atoms. The minimum Gasteiger partial charge on any atom is -0.357 e. The molecule has 1 aliphatic heterocycles. The van der Waals surface area contributed by atoms with Gasteiger partial charge in [0.25, 0.3) is 0 Å². The number of carbonyl (C=O) groups is 1. The van der Waals surface area contributed by atoms with Crippen LogP contribution >= 0.6 is 0 Å². The average Bonchev–Trinajstić information content (AvgIpc) is 2.51. The highest BCUT2D eigenvalue weighted by molar-refractivity contribution is 5.99. The number of nitrogens with zero attached hydrogens (tertiary/aromatic N) is 3. The minimum absolute atomic E-state index is 0.0908. The first-order chi connectivity index (χ1) is 9.84. The Balaban J connectivity index is 1.76. The van der Waals surface area contributed by atoms with Gasteiger partial charge in [0.1, 0.15) is 11.9 Å².